The molecule has 0 heterocycles. The van der Waals surface area contributed by atoms with Gasteiger partial charge in [0.2, 0.25) is 0 Å². The van der Waals surface area contributed by atoms with Crippen LogP contribution in [-0.2, 0) is 11.3 Å². The number of carbonyl (C=O) groups excluding carboxylic acids is 1. The number of hydrogen-bond donors (Lipinski definition) is 1. The lowest BCUT2D eigenvalue weighted by atomic mass is 10.0. The number of benzene rings is 1. The highest BCUT2D eigenvalue weighted by Crippen LogP contribution is 2.09. The van der Waals surface area contributed by atoms with Crippen LogP contribution >= 0.6 is 0 Å². The van der Waals surface area contributed by atoms with E-state index in [2.05, 4.69) is 42.9 Å². The number of methoxy groups -OCH3 is 1. The van der Waals surface area contributed by atoms with E-state index in [1.54, 1.807) is 12.1 Å². The second-order valence-corrected chi connectivity index (χ2v) is 5.50. The molecule has 0 radical (unpaired) electrons. The molecule has 4 nitrogen and oxygen atoms in total. The van der Waals surface area contributed by atoms with Crippen LogP contribution in [0.3, 0.4) is 0 Å². The van der Waals surface area contributed by atoms with Crippen LogP contribution < -0.4 is 5.32 Å². The minimum absolute atomic E-state index is 0.117. The molecule has 19 heavy (non-hydrogen) atoms. The fourth-order valence-corrected chi connectivity index (χ4v) is 1.55. The van der Waals surface area contributed by atoms with E-state index in [0.717, 1.165) is 18.7 Å². The van der Waals surface area contributed by atoms with Crippen molar-refractivity contribution in [3.05, 3.63) is 35.4 Å². The average Bonchev–Trinajstić information content (AvgIpc) is 2.38. The maximum absolute atomic E-state index is 11.3. The number of rotatable bonds is 6. The summed E-state index contributed by atoms with van der Waals surface area (Å²) in [6.07, 6.45) is 0. The predicted octanol–water partition coefficient (Wildman–Crippen LogP) is 1.90. The third-order valence-electron chi connectivity index (χ3n) is 3.47. The Kier molecular flexibility index (Phi) is 5.51. The lowest BCUT2D eigenvalue weighted by Gasteiger charge is -2.32. The zero-order chi connectivity index (χ0) is 14.5. The highest BCUT2D eigenvalue weighted by Gasteiger charge is 2.19. The first-order chi connectivity index (χ1) is 8.86. The van der Waals surface area contributed by atoms with Gasteiger partial charge in [-0.3, -0.25) is 0 Å². The topological polar surface area (TPSA) is 41.6 Å². The van der Waals surface area contributed by atoms with E-state index in [1.807, 2.05) is 12.1 Å². The van der Waals surface area contributed by atoms with Crippen molar-refractivity contribution in [3.8, 4) is 0 Å². The molecule has 1 rings (SSSR count). The molecule has 0 bridgehead atoms. The number of nitrogens with one attached hydrogen (secondary N) is 1. The van der Waals surface area contributed by atoms with Gasteiger partial charge in [0.25, 0.3) is 0 Å². The van der Waals surface area contributed by atoms with E-state index in [9.17, 15) is 4.79 Å². The Morgan fingerprint density at radius 1 is 1.26 bits per heavy atom. The van der Waals surface area contributed by atoms with Gasteiger partial charge >= 0.3 is 5.97 Å². The maximum Gasteiger partial charge on any atom is 0.337 e. The van der Waals surface area contributed by atoms with Gasteiger partial charge in [0.1, 0.15) is 0 Å². The van der Waals surface area contributed by atoms with Crippen LogP contribution in [0.1, 0.15) is 29.8 Å². The van der Waals surface area contributed by atoms with Gasteiger partial charge in [-0.1, -0.05) is 12.1 Å². The Morgan fingerprint density at radius 2 is 1.84 bits per heavy atom. The van der Waals surface area contributed by atoms with Crippen LogP contribution in [0.5, 0.6) is 0 Å². The highest BCUT2D eigenvalue weighted by atomic mass is 16.5. The first kappa shape index (κ1) is 15.7. The number of nitrogens with zero attached hydrogens (tertiary/aromatic N) is 1. The number of likely N-dealkylation sites (N-methyl/N-ethyl adjacent to an activating group) is 1. The van der Waals surface area contributed by atoms with E-state index >= 15 is 0 Å². The number of esters is 1. The average molecular weight is 264 g/mol. The molecule has 1 N–H and O–H groups in total. The Hall–Kier alpha value is -1.39. The van der Waals surface area contributed by atoms with Crippen LogP contribution in [0.2, 0.25) is 0 Å². The van der Waals surface area contributed by atoms with Crippen LogP contribution in [0.4, 0.5) is 0 Å². The van der Waals surface area contributed by atoms with Crippen LogP contribution in [-0.4, -0.2) is 44.2 Å². The highest BCUT2D eigenvalue weighted by molar-refractivity contribution is 5.89. The Morgan fingerprint density at radius 3 is 2.32 bits per heavy atom. The van der Waals surface area contributed by atoms with Crippen LogP contribution in [0.15, 0.2) is 24.3 Å². The van der Waals surface area contributed by atoms with E-state index in [0.29, 0.717) is 5.56 Å². The minimum Gasteiger partial charge on any atom is -0.465 e. The number of ether oxygens (including phenoxy) is 1. The van der Waals surface area contributed by atoms with Crippen LogP contribution in [0.25, 0.3) is 0 Å². The Labute approximate surface area is 115 Å². The standard InChI is InChI=1S/C15H24N2O2/c1-15(2,17(3)4)11-16-10-12-6-8-13(9-7-12)14(18)19-5/h6-9,16H,10-11H2,1-5H3. The Bertz CT molecular complexity index is 411. The molecule has 0 aromatic heterocycles. The van der Waals surface area contributed by atoms with Gasteiger partial charge in [-0.05, 0) is 45.6 Å². The van der Waals surface area contributed by atoms with Crippen molar-refractivity contribution in [2.24, 2.45) is 0 Å². The molecule has 0 aliphatic carbocycles. The van der Waals surface area contributed by atoms with E-state index in [-0.39, 0.29) is 11.5 Å². The minimum atomic E-state index is -0.298. The smallest absolute Gasteiger partial charge is 0.337 e. The molecule has 0 aliphatic rings. The van der Waals surface area contributed by atoms with Crippen molar-refractivity contribution in [3.63, 3.8) is 0 Å². The van der Waals surface area contributed by atoms with Gasteiger partial charge in [0, 0.05) is 18.6 Å². The molecular weight excluding hydrogens is 240 g/mol. The summed E-state index contributed by atoms with van der Waals surface area (Å²) in [5.74, 6) is -0.298. The van der Waals surface area contributed by atoms with E-state index in [4.69, 9.17) is 0 Å². The maximum atomic E-state index is 11.3. The molecule has 0 atom stereocenters. The summed E-state index contributed by atoms with van der Waals surface area (Å²) in [7, 11) is 5.54. The van der Waals surface area contributed by atoms with Crippen molar-refractivity contribution >= 4 is 5.97 Å². The predicted molar refractivity (Wildman–Crippen MR) is 77.3 cm³/mol. The molecule has 4 heteroatoms. The first-order valence-electron chi connectivity index (χ1n) is 6.42. The Balaban J connectivity index is 2.49. The van der Waals surface area contributed by atoms with Gasteiger partial charge in [-0.2, -0.15) is 0 Å². The molecule has 1 aromatic carbocycles. The summed E-state index contributed by atoms with van der Waals surface area (Å²) in [5, 5.41) is 3.43. The van der Waals surface area contributed by atoms with E-state index < -0.39 is 0 Å². The number of hydrogen-bond acceptors (Lipinski definition) is 4. The lowest BCUT2D eigenvalue weighted by Crippen LogP contribution is -2.46. The normalized spacial score (nSPS) is 11.7. The van der Waals surface area contributed by atoms with Gasteiger partial charge in [0.05, 0.1) is 12.7 Å². The second kappa shape index (κ2) is 6.68. The van der Waals surface area contributed by atoms with Crippen molar-refractivity contribution in [1.29, 1.82) is 0 Å². The molecule has 0 spiro atoms. The fraction of sp³-hybridized carbons (Fsp3) is 0.533. The zero-order valence-corrected chi connectivity index (χ0v) is 12.5. The quantitative estimate of drug-likeness (QED) is 0.797. The molecule has 0 saturated heterocycles. The lowest BCUT2D eigenvalue weighted by molar-refractivity contribution is 0.0600. The zero-order valence-electron chi connectivity index (χ0n) is 12.5. The third kappa shape index (κ3) is 4.65. The van der Waals surface area contributed by atoms with E-state index in [1.165, 1.54) is 7.11 Å². The molecule has 0 saturated carbocycles. The molecule has 106 valence electrons. The van der Waals surface area contributed by atoms with Crippen molar-refractivity contribution in [2.45, 2.75) is 25.9 Å². The van der Waals surface area contributed by atoms with Crippen LogP contribution in [0, 0.1) is 0 Å². The third-order valence-corrected chi connectivity index (χ3v) is 3.47. The molecule has 0 fully saturated rings. The summed E-state index contributed by atoms with van der Waals surface area (Å²) >= 11 is 0. The summed E-state index contributed by atoms with van der Waals surface area (Å²) in [6, 6.07) is 7.48. The molecule has 0 unspecified atom stereocenters. The van der Waals surface area contributed by atoms with Gasteiger partial charge in [-0.15, -0.1) is 0 Å². The van der Waals surface area contributed by atoms with Gasteiger partial charge in [-0.25, -0.2) is 4.79 Å². The summed E-state index contributed by atoms with van der Waals surface area (Å²) in [6.45, 7) is 6.08. The van der Waals surface area contributed by atoms with Crippen molar-refractivity contribution in [1.82, 2.24) is 10.2 Å². The molecule has 0 aliphatic heterocycles. The van der Waals surface area contributed by atoms with Crippen molar-refractivity contribution in [2.75, 3.05) is 27.7 Å². The summed E-state index contributed by atoms with van der Waals surface area (Å²) < 4.78 is 4.67. The molecule has 0 amide bonds. The largest absolute Gasteiger partial charge is 0.465 e. The summed E-state index contributed by atoms with van der Waals surface area (Å²) in [4.78, 5) is 13.5. The SMILES string of the molecule is COC(=O)c1ccc(CNCC(C)(C)N(C)C)cc1. The number of carbonyl (C=O) groups is 1. The first-order valence-corrected chi connectivity index (χ1v) is 6.42. The molecule has 1 aromatic rings. The fourth-order valence-electron chi connectivity index (χ4n) is 1.55. The van der Waals surface area contributed by atoms with Crippen molar-refractivity contribution < 1.29 is 9.53 Å². The van der Waals surface area contributed by atoms with Gasteiger partial charge in [0.15, 0.2) is 0 Å². The monoisotopic (exact) mass is 264 g/mol. The summed E-state index contributed by atoms with van der Waals surface area (Å²) in [5.41, 5.74) is 1.86. The van der Waals surface area contributed by atoms with Gasteiger partial charge < -0.3 is 15.0 Å². The second-order valence-electron chi connectivity index (χ2n) is 5.50. The molecular formula is C15H24N2O2.